The van der Waals surface area contributed by atoms with Crippen LogP contribution < -0.4 is 0 Å². The molecule has 12 heavy (non-hydrogen) atoms. The quantitative estimate of drug-likeness (QED) is 0.629. The zero-order chi connectivity index (χ0) is 9.30. The lowest BCUT2D eigenvalue weighted by atomic mass is 10.3. The third-order valence-electron chi connectivity index (χ3n) is 2.16. The van der Waals surface area contributed by atoms with E-state index in [1.54, 1.807) is 4.90 Å². The van der Waals surface area contributed by atoms with Crippen molar-refractivity contribution in [2.24, 2.45) is 0 Å². The second-order valence-electron chi connectivity index (χ2n) is 3.30. The van der Waals surface area contributed by atoms with Gasteiger partial charge in [0.15, 0.2) is 6.35 Å². The van der Waals surface area contributed by atoms with Crippen LogP contribution in [0.3, 0.4) is 0 Å². The van der Waals surface area contributed by atoms with Crippen molar-refractivity contribution in [3.8, 4) is 0 Å². The van der Waals surface area contributed by atoms with Crippen LogP contribution in [0.5, 0.6) is 0 Å². The molecule has 0 bridgehead atoms. The number of rotatable bonds is 2. The summed E-state index contributed by atoms with van der Waals surface area (Å²) in [7, 11) is 0. The Morgan fingerprint density at radius 1 is 1.67 bits per heavy atom. The van der Waals surface area contributed by atoms with E-state index in [2.05, 4.69) is 0 Å². The summed E-state index contributed by atoms with van der Waals surface area (Å²) < 4.78 is 0. The van der Waals surface area contributed by atoms with E-state index >= 15 is 0 Å². The number of carbonyl (C=O) groups is 1. The lowest BCUT2D eigenvalue weighted by Crippen LogP contribution is -2.43. The monoisotopic (exact) mass is 172 g/mol. The maximum Gasteiger partial charge on any atom is 0.240 e. The first-order valence-corrected chi connectivity index (χ1v) is 4.31. The van der Waals surface area contributed by atoms with Crippen molar-refractivity contribution in [3.05, 3.63) is 0 Å². The molecule has 1 unspecified atom stereocenters. The molecule has 70 valence electrons. The maximum absolute atomic E-state index is 11.3. The Kier molecular flexibility index (Phi) is 2.69. The standard InChI is InChI=1S/C8H16N2O2/c1-4-9-5-7(11)10(6(2)3)8(9)12/h6,8,12H,4-5H2,1-3H3. The highest BCUT2D eigenvalue weighted by Gasteiger charge is 2.36. The highest BCUT2D eigenvalue weighted by atomic mass is 16.3. The average molecular weight is 172 g/mol. The van der Waals surface area contributed by atoms with Crippen LogP contribution in [0.25, 0.3) is 0 Å². The van der Waals surface area contributed by atoms with Crippen LogP contribution >= 0.6 is 0 Å². The van der Waals surface area contributed by atoms with E-state index in [1.165, 1.54) is 4.90 Å². The molecule has 0 aromatic carbocycles. The Bertz CT molecular complexity index is 182. The summed E-state index contributed by atoms with van der Waals surface area (Å²) in [6.07, 6.45) is -0.720. The molecule has 1 N–H and O–H groups in total. The summed E-state index contributed by atoms with van der Waals surface area (Å²) in [5, 5.41) is 9.62. The van der Waals surface area contributed by atoms with Crippen molar-refractivity contribution in [1.29, 1.82) is 0 Å². The van der Waals surface area contributed by atoms with E-state index < -0.39 is 6.35 Å². The molecular formula is C8H16N2O2. The van der Waals surface area contributed by atoms with Gasteiger partial charge < -0.3 is 10.0 Å². The number of aliphatic hydroxyl groups is 1. The van der Waals surface area contributed by atoms with Gasteiger partial charge in [-0.25, -0.2) is 0 Å². The molecule has 1 aliphatic heterocycles. The Morgan fingerprint density at radius 2 is 2.25 bits per heavy atom. The van der Waals surface area contributed by atoms with Crippen molar-refractivity contribution in [1.82, 2.24) is 9.80 Å². The van der Waals surface area contributed by atoms with Crippen LogP contribution in [0.15, 0.2) is 0 Å². The SMILES string of the molecule is CCN1CC(=O)N(C(C)C)C1O. The molecule has 4 nitrogen and oxygen atoms in total. The summed E-state index contributed by atoms with van der Waals surface area (Å²) in [6, 6.07) is 0.0732. The second-order valence-corrected chi connectivity index (χ2v) is 3.30. The Morgan fingerprint density at radius 3 is 2.50 bits per heavy atom. The summed E-state index contributed by atoms with van der Waals surface area (Å²) >= 11 is 0. The van der Waals surface area contributed by atoms with Gasteiger partial charge in [0, 0.05) is 12.6 Å². The zero-order valence-corrected chi connectivity index (χ0v) is 7.82. The van der Waals surface area contributed by atoms with Gasteiger partial charge in [-0.05, 0) is 13.8 Å². The van der Waals surface area contributed by atoms with Crippen molar-refractivity contribution >= 4 is 5.91 Å². The minimum absolute atomic E-state index is 0.0133. The first-order valence-electron chi connectivity index (χ1n) is 4.31. The summed E-state index contributed by atoms with van der Waals surface area (Å²) in [4.78, 5) is 14.6. The second kappa shape index (κ2) is 3.41. The average Bonchev–Trinajstić information content (AvgIpc) is 2.25. The lowest BCUT2D eigenvalue weighted by molar-refractivity contribution is -0.137. The Hall–Kier alpha value is -0.610. The number of amides is 1. The Balaban J connectivity index is 2.70. The lowest BCUT2D eigenvalue weighted by Gasteiger charge is -2.27. The van der Waals surface area contributed by atoms with Crippen LogP contribution in [0.1, 0.15) is 20.8 Å². The number of aliphatic hydroxyl groups excluding tert-OH is 1. The largest absolute Gasteiger partial charge is 0.361 e. The van der Waals surface area contributed by atoms with Crippen LogP contribution in [0.4, 0.5) is 0 Å². The third kappa shape index (κ3) is 1.44. The molecule has 1 amide bonds. The molecule has 0 aliphatic carbocycles. The minimum atomic E-state index is -0.720. The molecule has 4 heteroatoms. The molecule has 1 atom stereocenters. The van der Waals surface area contributed by atoms with Gasteiger partial charge in [-0.2, -0.15) is 0 Å². The Labute approximate surface area is 72.8 Å². The molecule has 1 aliphatic rings. The van der Waals surface area contributed by atoms with Gasteiger partial charge in [-0.1, -0.05) is 6.92 Å². The van der Waals surface area contributed by atoms with Gasteiger partial charge in [0.05, 0.1) is 6.54 Å². The number of hydrogen-bond donors (Lipinski definition) is 1. The van der Waals surface area contributed by atoms with E-state index in [-0.39, 0.29) is 11.9 Å². The molecule has 0 radical (unpaired) electrons. The highest BCUT2D eigenvalue weighted by Crippen LogP contribution is 2.15. The number of carbonyl (C=O) groups excluding carboxylic acids is 1. The molecule has 1 heterocycles. The topological polar surface area (TPSA) is 43.8 Å². The van der Waals surface area contributed by atoms with Crippen molar-refractivity contribution in [2.75, 3.05) is 13.1 Å². The molecule has 1 saturated heterocycles. The predicted octanol–water partition coefficient (Wildman–Crippen LogP) is -0.165. The fourth-order valence-corrected chi connectivity index (χ4v) is 1.47. The van der Waals surface area contributed by atoms with Crippen molar-refractivity contribution in [3.63, 3.8) is 0 Å². The van der Waals surface area contributed by atoms with Gasteiger partial charge in [0.25, 0.3) is 0 Å². The summed E-state index contributed by atoms with van der Waals surface area (Å²) in [5.41, 5.74) is 0. The molecule has 0 aromatic rings. The van der Waals surface area contributed by atoms with Gasteiger partial charge >= 0.3 is 0 Å². The van der Waals surface area contributed by atoms with Crippen molar-refractivity contribution in [2.45, 2.75) is 33.2 Å². The summed E-state index contributed by atoms with van der Waals surface area (Å²) in [5.74, 6) is 0.0133. The zero-order valence-electron chi connectivity index (χ0n) is 7.82. The van der Waals surface area contributed by atoms with Crippen LogP contribution in [-0.4, -0.2) is 46.3 Å². The van der Waals surface area contributed by atoms with Crippen LogP contribution in [0.2, 0.25) is 0 Å². The van der Waals surface area contributed by atoms with Gasteiger partial charge in [-0.3, -0.25) is 9.69 Å². The van der Waals surface area contributed by atoms with E-state index in [9.17, 15) is 9.90 Å². The normalized spacial score (nSPS) is 25.9. The van der Waals surface area contributed by atoms with Gasteiger partial charge in [0.2, 0.25) is 5.91 Å². The fraction of sp³-hybridized carbons (Fsp3) is 0.875. The van der Waals surface area contributed by atoms with Crippen molar-refractivity contribution < 1.29 is 9.90 Å². The van der Waals surface area contributed by atoms with E-state index in [0.29, 0.717) is 13.1 Å². The molecule has 0 spiro atoms. The number of hydrogen-bond acceptors (Lipinski definition) is 3. The fourth-order valence-electron chi connectivity index (χ4n) is 1.47. The van der Waals surface area contributed by atoms with Crippen LogP contribution in [-0.2, 0) is 4.79 Å². The molecule has 0 aromatic heterocycles. The highest BCUT2D eigenvalue weighted by molar-refractivity contribution is 5.80. The maximum atomic E-state index is 11.3. The molecular weight excluding hydrogens is 156 g/mol. The minimum Gasteiger partial charge on any atom is -0.361 e. The smallest absolute Gasteiger partial charge is 0.240 e. The molecule has 1 rings (SSSR count). The predicted molar refractivity (Wildman–Crippen MR) is 45.2 cm³/mol. The van der Waals surface area contributed by atoms with Gasteiger partial charge in [-0.15, -0.1) is 0 Å². The molecule has 1 fully saturated rings. The van der Waals surface area contributed by atoms with E-state index in [4.69, 9.17) is 0 Å². The van der Waals surface area contributed by atoms with Gasteiger partial charge in [0.1, 0.15) is 0 Å². The summed E-state index contributed by atoms with van der Waals surface area (Å²) in [6.45, 7) is 6.78. The van der Waals surface area contributed by atoms with E-state index in [0.717, 1.165) is 0 Å². The molecule has 0 saturated carbocycles. The first kappa shape index (κ1) is 9.48. The number of likely N-dealkylation sites (N-methyl/N-ethyl adjacent to an activating group) is 1. The third-order valence-corrected chi connectivity index (χ3v) is 2.16. The van der Waals surface area contributed by atoms with Crippen LogP contribution in [0, 0.1) is 0 Å². The van der Waals surface area contributed by atoms with E-state index in [1.807, 2.05) is 20.8 Å². The number of nitrogens with zero attached hydrogens (tertiary/aromatic N) is 2. The first-order chi connectivity index (χ1) is 5.57.